The van der Waals surface area contributed by atoms with Crippen LogP contribution < -0.4 is 4.72 Å². The van der Waals surface area contributed by atoms with Gasteiger partial charge in [-0.3, -0.25) is 9.12 Å². The van der Waals surface area contributed by atoms with Crippen LogP contribution >= 0.6 is 0 Å². The van der Waals surface area contributed by atoms with E-state index in [1.807, 2.05) is 37.3 Å². The summed E-state index contributed by atoms with van der Waals surface area (Å²) in [5.74, 6) is 0.266. The van der Waals surface area contributed by atoms with E-state index in [-0.39, 0.29) is 16.3 Å². The molecule has 0 atom stereocenters. The average molecular weight is 363 g/mol. The number of rotatable bonds is 3. The van der Waals surface area contributed by atoms with E-state index in [2.05, 4.69) is 14.7 Å². The van der Waals surface area contributed by atoms with Crippen molar-refractivity contribution < 1.29 is 8.42 Å². The first-order valence-electron chi connectivity index (χ1n) is 7.75. The number of hydrogen-bond acceptors (Lipinski definition) is 5. The fourth-order valence-electron chi connectivity index (χ4n) is 2.65. The van der Waals surface area contributed by atoms with Gasteiger partial charge in [0.05, 0.1) is 15.9 Å². The molecule has 0 fully saturated rings. The van der Waals surface area contributed by atoms with Crippen molar-refractivity contribution in [1.82, 2.24) is 14.4 Å². The van der Waals surface area contributed by atoms with Gasteiger partial charge < -0.3 is 0 Å². The SMILES string of the molecule is Cc1ccc(S(=O)(=O)Nc2nc3nc4ccccc4n3cc2C#N)cc1. The molecule has 0 aliphatic carbocycles. The molecule has 0 aliphatic heterocycles. The summed E-state index contributed by atoms with van der Waals surface area (Å²) in [5.41, 5.74) is 2.56. The van der Waals surface area contributed by atoms with Crippen LogP contribution in [-0.2, 0) is 10.0 Å². The summed E-state index contributed by atoms with van der Waals surface area (Å²) in [6, 6.07) is 15.8. The number of imidazole rings is 1. The minimum absolute atomic E-state index is 0.0455. The highest BCUT2D eigenvalue weighted by Crippen LogP contribution is 2.22. The van der Waals surface area contributed by atoms with E-state index in [4.69, 9.17) is 0 Å². The van der Waals surface area contributed by atoms with E-state index < -0.39 is 10.0 Å². The van der Waals surface area contributed by atoms with Crippen molar-refractivity contribution in [2.45, 2.75) is 11.8 Å². The Bertz CT molecular complexity index is 1290. The highest BCUT2D eigenvalue weighted by Gasteiger charge is 2.19. The van der Waals surface area contributed by atoms with Gasteiger partial charge in [-0.05, 0) is 31.2 Å². The number of aromatic nitrogens is 3. The molecule has 2 aromatic carbocycles. The quantitative estimate of drug-likeness (QED) is 0.603. The van der Waals surface area contributed by atoms with Gasteiger partial charge in [0.15, 0.2) is 5.82 Å². The van der Waals surface area contributed by atoms with E-state index in [0.29, 0.717) is 11.3 Å². The molecule has 1 N–H and O–H groups in total. The van der Waals surface area contributed by atoms with Gasteiger partial charge >= 0.3 is 0 Å². The maximum atomic E-state index is 12.6. The molecular weight excluding hydrogens is 350 g/mol. The molecule has 4 aromatic rings. The summed E-state index contributed by atoms with van der Waals surface area (Å²) in [7, 11) is -3.86. The summed E-state index contributed by atoms with van der Waals surface area (Å²) in [4.78, 5) is 8.72. The molecule has 26 heavy (non-hydrogen) atoms. The first kappa shape index (κ1) is 16.1. The molecule has 4 rings (SSSR count). The minimum atomic E-state index is -3.86. The molecule has 8 heteroatoms. The van der Waals surface area contributed by atoms with Crippen molar-refractivity contribution in [1.29, 1.82) is 5.26 Å². The van der Waals surface area contributed by atoms with Crippen LogP contribution in [0.1, 0.15) is 11.1 Å². The maximum absolute atomic E-state index is 12.6. The van der Waals surface area contributed by atoms with Crippen molar-refractivity contribution in [2.75, 3.05) is 4.72 Å². The smallest absolute Gasteiger partial charge is 0.263 e. The number of hydrogen-bond donors (Lipinski definition) is 1. The van der Waals surface area contributed by atoms with Crippen LogP contribution in [0.2, 0.25) is 0 Å². The Labute approximate surface area is 149 Å². The lowest BCUT2D eigenvalue weighted by Gasteiger charge is -2.09. The lowest BCUT2D eigenvalue weighted by atomic mass is 10.2. The Hall–Kier alpha value is -3.44. The number of anilines is 1. The second-order valence-corrected chi connectivity index (χ2v) is 7.49. The second kappa shape index (κ2) is 5.82. The average Bonchev–Trinajstić information content (AvgIpc) is 2.98. The van der Waals surface area contributed by atoms with Gasteiger partial charge in [-0.25, -0.2) is 13.4 Å². The van der Waals surface area contributed by atoms with Gasteiger partial charge in [0.25, 0.3) is 10.0 Å². The van der Waals surface area contributed by atoms with Gasteiger partial charge in [-0.15, -0.1) is 0 Å². The Morgan fingerprint density at radius 1 is 1.08 bits per heavy atom. The van der Waals surface area contributed by atoms with E-state index in [9.17, 15) is 13.7 Å². The lowest BCUT2D eigenvalue weighted by molar-refractivity contribution is 0.601. The number of para-hydroxylation sites is 2. The van der Waals surface area contributed by atoms with Crippen LogP contribution in [0.25, 0.3) is 16.8 Å². The Morgan fingerprint density at radius 2 is 1.81 bits per heavy atom. The molecule has 0 amide bonds. The zero-order valence-electron chi connectivity index (χ0n) is 13.7. The van der Waals surface area contributed by atoms with E-state index >= 15 is 0 Å². The molecule has 0 aliphatic rings. The van der Waals surface area contributed by atoms with Crippen LogP contribution in [0.3, 0.4) is 0 Å². The summed E-state index contributed by atoms with van der Waals surface area (Å²) in [6.07, 6.45) is 1.53. The van der Waals surface area contributed by atoms with E-state index in [0.717, 1.165) is 11.1 Å². The Balaban J connectivity index is 1.84. The fourth-order valence-corrected chi connectivity index (χ4v) is 3.67. The Kier molecular flexibility index (Phi) is 3.60. The molecule has 0 saturated carbocycles. The molecule has 0 bridgehead atoms. The molecular formula is C18H13N5O2S. The van der Waals surface area contributed by atoms with Crippen molar-refractivity contribution in [3.05, 3.63) is 65.9 Å². The zero-order chi connectivity index (χ0) is 18.3. The normalized spacial score (nSPS) is 11.5. The molecule has 0 saturated heterocycles. The molecule has 7 nitrogen and oxygen atoms in total. The summed E-state index contributed by atoms with van der Waals surface area (Å²) >= 11 is 0. The maximum Gasteiger partial charge on any atom is 0.263 e. The van der Waals surface area contributed by atoms with Crippen LogP contribution in [0.15, 0.2) is 59.6 Å². The van der Waals surface area contributed by atoms with Gasteiger partial charge in [0, 0.05) is 6.20 Å². The first-order valence-corrected chi connectivity index (χ1v) is 9.24. The number of sulfonamides is 1. The predicted octanol–water partition coefficient (Wildman–Crippen LogP) is 2.86. The van der Waals surface area contributed by atoms with Gasteiger partial charge in [0.2, 0.25) is 5.78 Å². The van der Waals surface area contributed by atoms with Crippen LogP contribution in [-0.4, -0.2) is 22.8 Å². The van der Waals surface area contributed by atoms with Gasteiger partial charge in [-0.2, -0.15) is 10.2 Å². The highest BCUT2D eigenvalue weighted by molar-refractivity contribution is 7.92. The third kappa shape index (κ3) is 2.64. The minimum Gasteiger partial charge on any atom is -0.282 e. The monoisotopic (exact) mass is 363 g/mol. The largest absolute Gasteiger partial charge is 0.282 e. The number of aryl methyl sites for hydroxylation is 1. The fraction of sp³-hybridized carbons (Fsp3) is 0.0556. The standard InChI is InChI=1S/C18H13N5O2S/c1-12-6-8-14(9-7-12)26(24,25)22-17-13(10-19)11-23-16-5-3-2-4-15(16)20-18(23)21-17/h2-9,11H,1H3,(H,20,21,22). The van der Waals surface area contributed by atoms with E-state index in [1.165, 1.54) is 18.3 Å². The molecule has 0 unspecified atom stereocenters. The van der Waals surface area contributed by atoms with Gasteiger partial charge in [0.1, 0.15) is 11.6 Å². The van der Waals surface area contributed by atoms with Crippen LogP contribution in [0.5, 0.6) is 0 Å². The number of nitrogens with zero attached hydrogens (tertiary/aromatic N) is 4. The first-order chi connectivity index (χ1) is 12.5. The van der Waals surface area contributed by atoms with Crippen LogP contribution in [0.4, 0.5) is 5.82 Å². The topological polar surface area (TPSA) is 100 Å². The molecule has 2 aromatic heterocycles. The summed E-state index contributed by atoms with van der Waals surface area (Å²) < 4.78 is 29.3. The molecule has 2 heterocycles. The molecule has 0 radical (unpaired) electrons. The predicted molar refractivity (Wildman–Crippen MR) is 97.2 cm³/mol. The van der Waals surface area contributed by atoms with Crippen molar-refractivity contribution >= 4 is 32.7 Å². The molecule has 0 spiro atoms. The van der Waals surface area contributed by atoms with Crippen molar-refractivity contribution in [3.8, 4) is 6.07 Å². The zero-order valence-corrected chi connectivity index (χ0v) is 14.5. The number of nitrogens with one attached hydrogen (secondary N) is 1. The lowest BCUT2D eigenvalue weighted by Crippen LogP contribution is -2.15. The second-order valence-electron chi connectivity index (χ2n) is 5.80. The number of nitriles is 1. The summed E-state index contributed by atoms with van der Waals surface area (Å²) in [5, 5.41) is 9.43. The van der Waals surface area contributed by atoms with E-state index in [1.54, 1.807) is 16.5 Å². The third-order valence-corrected chi connectivity index (χ3v) is 5.34. The highest BCUT2D eigenvalue weighted by atomic mass is 32.2. The Morgan fingerprint density at radius 3 is 2.54 bits per heavy atom. The number of benzene rings is 2. The molecule has 128 valence electrons. The van der Waals surface area contributed by atoms with Crippen molar-refractivity contribution in [3.63, 3.8) is 0 Å². The summed E-state index contributed by atoms with van der Waals surface area (Å²) in [6.45, 7) is 1.87. The van der Waals surface area contributed by atoms with Gasteiger partial charge in [-0.1, -0.05) is 29.8 Å². The number of fused-ring (bicyclic) bond motifs is 3. The third-order valence-electron chi connectivity index (χ3n) is 3.99. The van der Waals surface area contributed by atoms with Crippen molar-refractivity contribution in [2.24, 2.45) is 0 Å². The van der Waals surface area contributed by atoms with Crippen LogP contribution in [0, 0.1) is 18.3 Å².